The second-order valence-electron chi connectivity index (χ2n) is 19.7. The van der Waals surface area contributed by atoms with E-state index in [9.17, 15) is 13.2 Å². The molecule has 324 valence electrons. The van der Waals surface area contributed by atoms with Crippen molar-refractivity contribution >= 4 is 39.1 Å². The highest BCUT2D eigenvalue weighted by molar-refractivity contribution is 7.99. The summed E-state index contributed by atoms with van der Waals surface area (Å²) in [6, 6.07) is 23.0. The SMILES string of the molecule is CC[C@@H]1CN(CC[C@H](CSc2ccccc2)Nc2ccc(S(=O)(=O)NC(=O)c3ccc(N4CCN(CC5=C(C67CC(C)(C6)C7)CC(C)(C)CC5)CC4)cc3)cc2C)CCO1. The average Bonchev–Trinajstić information content (AvgIpc) is 3.22. The Morgan fingerprint density at radius 2 is 1.67 bits per heavy atom. The normalized spacial score (nSPS) is 26.2. The van der Waals surface area contributed by atoms with Gasteiger partial charge in [0.1, 0.15) is 0 Å². The molecule has 3 aromatic rings. The number of anilines is 2. The lowest BCUT2D eigenvalue weighted by Gasteiger charge is -2.72. The summed E-state index contributed by atoms with van der Waals surface area (Å²) in [6.45, 7) is 20.1. The number of carbonyl (C=O) groups excluding carboxylic acids is 1. The molecule has 2 aliphatic heterocycles. The van der Waals surface area contributed by atoms with Crippen molar-refractivity contribution in [1.29, 1.82) is 0 Å². The molecule has 0 aromatic heterocycles. The highest BCUT2D eigenvalue weighted by atomic mass is 32.2. The number of nitrogens with one attached hydrogen (secondary N) is 2. The molecule has 3 saturated carbocycles. The lowest BCUT2D eigenvalue weighted by atomic mass is 9.33. The Balaban J connectivity index is 0.846. The monoisotopic (exact) mass is 853 g/mol. The molecule has 0 spiro atoms. The van der Waals surface area contributed by atoms with E-state index in [2.05, 4.69) is 76.7 Å². The quantitative estimate of drug-likeness (QED) is 0.108. The molecule has 5 fully saturated rings. The fourth-order valence-electron chi connectivity index (χ4n) is 10.8. The molecule has 2 atom stereocenters. The molecule has 0 unspecified atom stereocenters. The fourth-order valence-corrected chi connectivity index (χ4v) is 12.9. The molecular weight excluding hydrogens is 787 g/mol. The van der Waals surface area contributed by atoms with Crippen molar-refractivity contribution in [3.8, 4) is 0 Å². The number of hydrogen-bond donors (Lipinski definition) is 2. The third-order valence-corrected chi connectivity index (χ3v) is 16.7. The maximum atomic E-state index is 13.5. The first-order valence-electron chi connectivity index (χ1n) is 22.5. The number of sulfonamides is 1. The van der Waals surface area contributed by atoms with Crippen LogP contribution in [0.4, 0.5) is 11.4 Å². The van der Waals surface area contributed by atoms with Gasteiger partial charge < -0.3 is 15.0 Å². The van der Waals surface area contributed by atoms with Crippen LogP contribution in [-0.2, 0) is 14.8 Å². The van der Waals surface area contributed by atoms with Gasteiger partial charge in [0.2, 0.25) is 0 Å². The van der Waals surface area contributed by atoms with Crippen molar-refractivity contribution < 1.29 is 17.9 Å². The minimum absolute atomic E-state index is 0.0702. The molecule has 3 aromatic carbocycles. The topological polar surface area (TPSA) is 94.2 Å². The van der Waals surface area contributed by atoms with Crippen LogP contribution in [0.2, 0.25) is 0 Å². The number of ether oxygens (including phenoxy) is 1. The zero-order valence-corrected chi connectivity index (χ0v) is 38.2. The van der Waals surface area contributed by atoms with Crippen LogP contribution in [0.15, 0.2) is 93.7 Å². The second-order valence-corrected chi connectivity index (χ2v) is 22.5. The van der Waals surface area contributed by atoms with Crippen molar-refractivity contribution in [3.05, 3.63) is 95.1 Å². The van der Waals surface area contributed by atoms with Gasteiger partial charge in [0.25, 0.3) is 15.9 Å². The molecule has 6 aliphatic rings. The van der Waals surface area contributed by atoms with E-state index in [4.69, 9.17) is 4.74 Å². The Kier molecular flexibility index (Phi) is 12.8. The molecule has 2 heterocycles. The first-order chi connectivity index (χ1) is 28.7. The Morgan fingerprint density at radius 1 is 0.933 bits per heavy atom. The van der Waals surface area contributed by atoms with Gasteiger partial charge in [-0.05, 0) is 135 Å². The van der Waals surface area contributed by atoms with Crippen LogP contribution in [0.3, 0.4) is 0 Å². The lowest BCUT2D eigenvalue weighted by molar-refractivity contribution is -0.167. The predicted molar refractivity (Wildman–Crippen MR) is 246 cm³/mol. The van der Waals surface area contributed by atoms with E-state index in [-0.39, 0.29) is 17.0 Å². The van der Waals surface area contributed by atoms with E-state index in [0.717, 1.165) is 94.5 Å². The third-order valence-electron chi connectivity index (χ3n) is 14.2. The van der Waals surface area contributed by atoms with E-state index in [1.165, 1.54) is 43.4 Å². The Labute approximate surface area is 364 Å². The maximum absolute atomic E-state index is 13.5. The second kappa shape index (κ2) is 17.8. The van der Waals surface area contributed by atoms with E-state index in [0.29, 0.717) is 21.8 Å². The molecule has 60 heavy (non-hydrogen) atoms. The Bertz CT molecular complexity index is 2110. The van der Waals surface area contributed by atoms with Gasteiger partial charge in [0.05, 0.1) is 17.6 Å². The van der Waals surface area contributed by atoms with Crippen LogP contribution >= 0.6 is 11.8 Å². The molecule has 9 rings (SSSR count). The van der Waals surface area contributed by atoms with Crippen molar-refractivity contribution in [2.75, 3.05) is 74.9 Å². The van der Waals surface area contributed by atoms with E-state index in [1.54, 1.807) is 29.8 Å². The number of morpholine rings is 1. The number of rotatable bonds is 16. The summed E-state index contributed by atoms with van der Waals surface area (Å²) in [7, 11) is -4.09. The van der Waals surface area contributed by atoms with Gasteiger partial charge in [-0.2, -0.15) is 0 Å². The van der Waals surface area contributed by atoms with Gasteiger partial charge in [-0.1, -0.05) is 57.0 Å². The zero-order valence-electron chi connectivity index (χ0n) is 36.6. The number of hydrogen-bond acceptors (Lipinski definition) is 9. The summed E-state index contributed by atoms with van der Waals surface area (Å²) < 4.78 is 35.3. The van der Waals surface area contributed by atoms with Crippen LogP contribution in [0.1, 0.15) is 95.0 Å². The number of allylic oxidation sites excluding steroid dienone is 1. The number of thioether (sulfide) groups is 1. The van der Waals surface area contributed by atoms with Crippen LogP contribution in [-0.4, -0.2) is 101 Å². The molecule has 11 heteroatoms. The summed E-state index contributed by atoms with van der Waals surface area (Å²) in [5.41, 5.74) is 8.20. The van der Waals surface area contributed by atoms with Crippen LogP contribution < -0.4 is 14.9 Å². The first-order valence-corrected chi connectivity index (χ1v) is 24.9. The minimum atomic E-state index is -4.09. The summed E-state index contributed by atoms with van der Waals surface area (Å²) >= 11 is 1.82. The van der Waals surface area contributed by atoms with E-state index in [1.807, 2.05) is 48.5 Å². The van der Waals surface area contributed by atoms with Gasteiger partial charge in [-0.3, -0.25) is 14.6 Å². The third kappa shape index (κ3) is 9.96. The van der Waals surface area contributed by atoms with Crippen molar-refractivity contribution in [1.82, 2.24) is 14.5 Å². The Morgan fingerprint density at radius 3 is 2.35 bits per heavy atom. The van der Waals surface area contributed by atoms with Crippen molar-refractivity contribution in [3.63, 3.8) is 0 Å². The molecule has 4 aliphatic carbocycles. The average molecular weight is 854 g/mol. The molecule has 2 N–H and O–H groups in total. The molecule has 2 bridgehead atoms. The Hall–Kier alpha value is -3.35. The molecule has 1 amide bonds. The number of piperazine rings is 1. The fraction of sp³-hybridized carbons (Fsp3) is 0.571. The van der Waals surface area contributed by atoms with Crippen LogP contribution in [0, 0.1) is 23.2 Å². The predicted octanol–water partition coefficient (Wildman–Crippen LogP) is 9.01. The molecule has 2 saturated heterocycles. The lowest BCUT2D eigenvalue weighted by Crippen LogP contribution is -2.61. The van der Waals surface area contributed by atoms with Gasteiger partial charge in [0, 0.05) is 86.0 Å². The molecule has 9 nitrogen and oxygen atoms in total. The highest BCUT2D eigenvalue weighted by Gasteiger charge is 2.66. The summed E-state index contributed by atoms with van der Waals surface area (Å²) in [6.07, 6.45) is 10.3. The van der Waals surface area contributed by atoms with Gasteiger partial charge in [0.15, 0.2) is 0 Å². The first kappa shape index (κ1) is 43.3. The number of benzene rings is 3. The van der Waals surface area contributed by atoms with Crippen LogP contribution in [0.25, 0.3) is 0 Å². The van der Waals surface area contributed by atoms with Crippen molar-refractivity contribution in [2.24, 2.45) is 16.2 Å². The maximum Gasteiger partial charge on any atom is 0.264 e. The van der Waals surface area contributed by atoms with Gasteiger partial charge in [-0.15, -0.1) is 11.8 Å². The number of nitrogens with zero attached hydrogens (tertiary/aromatic N) is 3. The molecular formula is C49H67N5O4S2. The minimum Gasteiger partial charge on any atom is -0.381 e. The summed E-state index contributed by atoms with van der Waals surface area (Å²) in [5.74, 6) is 0.240. The van der Waals surface area contributed by atoms with Crippen LogP contribution in [0.5, 0.6) is 0 Å². The standard InChI is InChI=1S/C49H67N5O4S2/c1-6-41-31-52(26-27-58-41)21-19-39(32-59-42-10-8-7-9-11-42)50-45-17-16-43(28-36(45)2)60(56,57)51-46(55)37-12-14-40(15-13-37)54-24-22-53(23-25-54)30-38-18-20-47(3,4)29-44(38)49-33-48(5,34-49)35-49/h7-17,28,39,41,50H,6,18-27,29-35H2,1-5H3,(H,51,55)/t39-,41-,48?,49?/m1/s1. The summed E-state index contributed by atoms with van der Waals surface area (Å²) in [5, 5.41) is 3.73. The van der Waals surface area contributed by atoms with E-state index < -0.39 is 15.9 Å². The number of amides is 1. The smallest absolute Gasteiger partial charge is 0.264 e. The number of carbonyl (C=O) groups is 1. The highest BCUT2D eigenvalue weighted by Crippen LogP contribution is 2.77. The zero-order chi connectivity index (χ0) is 42.1. The van der Waals surface area contributed by atoms with Gasteiger partial charge >= 0.3 is 0 Å². The van der Waals surface area contributed by atoms with E-state index >= 15 is 0 Å². The largest absolute Gasteiger partial charge is 0.381 e. The number of aryl methyl sites for hydroxylation is 1. The van der Waals surface area contributed by atoms with Gasteiger partial charge in [-0.25, -0.2) is 13.1 Å². The molecule has 0 radical (unpaired) electrons. The summed E-state index contributed by atoms with van der Waals surface area (Å²) in [4.78, 5) is 22.1. The van der Waals surface area contributed by atoms with Crippen molar-refractivity contribution in [2.45, 2.75) is 108 Å².